The number of carbonyl (C=O) groups excluding carboxylic acids is 1. The standard InChI is InChI=1S/C15H14N2O3/c18-14(12-6-1-2-7-13(12)15(19)20)17-10-8-11-5-3-4-9-16-11/h1-7,9H,8,10H2,(H,17,18)(H,19,20). The van der Waals surface area contributed by atoms with Crippen molar-refractivity contribution in [3.63, 3.8) is 0 Å². The summed E-state index contributed by atoms with van der Waals surface area (Å²) >= 11 is 0. The van der Waals surface area contributed by atoms with E-state index in [1.54, 1.807) is 18.3 Å². The maximum Gasteiger partial charge on any atom is 0.336 e. The van der Waals surface area contributed by atoms with Crippen molar-refractivity contribution in [1.29, 1.82) is 0 Å². The average Bonchev–Trinajstić information content (AvgIpc) is 2.48. The van der Waals surface area contributed by atoms with E-state index in [4.69, 9.17) is 5.11 Å². The van der Waals surface area contributed by atoms with E-state index < -0.39 is 5.97 Å². The van der Waals surface area contributed by atoms with Gasteiger partial charge in [0, 0.05) is 24.9 Å². The van der Waals surface area contributed by atoms with Crippen LogP contribution in [0, 0.1) is 0 Å². The zero-order valence-electron chi connectivity index (χ0n) is 10.7. The number of carboxylic acids is 1. The quantitative estimate of drug-likeness (QED) is 0.867. The number of aromatic nitrogens is 1. The Labute approximate surface area is 116 Å². The molecule has 0 aliphatic rings. The maximum absolute atomic E-state index is 12.0. The SMILES string of the molecule is O=C(O)c1ccccc1C(=O)NCCc1ccccn1. The molecule has 0 saturated carbocycles. The number of carbonyl (C=O) groups is 2. The fraction of sp³-hybridized carbons (Fsp3) is 0.133. The summed E-state index contributed by atoms with van der Waals surface area (Å²) in [5, 5.41) is 11.7. The van der Waals surface area contributed by atoms with Gasteiger partial charge in [-0.1, -0.05) is 18.2 Å². The fourth-order valence-electron chi connectivity index (χ4n) is 1.81. The van der Waals surface area contributed by atoms with E-state index in [0.717, 1.165) is 5.69 Å². The number of rotatable bonds is 5. The molecule has 5 nitrogen and oxygen atoms in total. The molecule has 2 N–H and O–H groups in total. The summed E-state index contributed by atoms with van der Waals surface area (Å²) in [6, 6.07) is 11.7. The third-order valence-corrected chi connectivity index (χ3v) is 2.79. The van der Waals surface area contributed by atoms with Crippen molar-refractivity contribution in [3.05, 3.63) is 65.5 Å². The van der Waals surface area contributed by atoms with Crippen LogP contribution in [0.1, 0.15) is 26.4 Å². The van der Waals surface area contributed by atoms with Crippen molar-refractivity contribution in [2.75, 3.05) is 6.54 Å². The number of aromatic carboxylic acids is 1. The lowest BCUT2D eigenvalue weighted by atomic mass is 10.1. The molecule has 0 spiro atoms. The van der Waals surface area contributed by atoms with Crippen LogP contribution in [0.25, 0.3) is 0 Å². The van der Waals surface area contributed by atoms with Crippen LogP contribution >= 0.6 is 0 Å². The highest BCUT2D eigenvalue weighted by atomic mass is 16.4. The summed E-state index contributed by atoms with van der Waals surface area (Å²) < 4.78 is 0. The Morgan fingerprint density at radius 1 is 1.05 bits per heavy atom. The first-order valence-corrected chi connectivity index (χ1v) is 6.19. The average molecular weight is 270 g/mol. The molecule has 0 unspecified atom stereocenters. The zero-order chi connectivity index (χ0) is 14.4. The normalized spacial score (nSPS) is 10.0. The van der Waals surface area contributed by atoms with Gasteiger partial charge in [-0.25, -0.2) is 4.79 Å². The topological polar surface area (TPSA) is 79.3 Å². The Morgan fingerprint density at radius 3 is 2.40 bits per heavy atom. The predicted molar refractivity (Wildman–Crippen MR) is 73.7 cm³/mol. The van der Waals surface area contributed by atoms with Crippen molar-refractivity contribution in [3.8, 4) is 0 Å². The van der Waals surface area contributed by atoms with Crippen LogP contribution in [0.4, 0.5) is 0 Å². The zero-order valence-corrected chi connectivity index (χ0v) is 10.7. The second-order valence-corrected chi connectivity index (χ2v) is 4.18. The summed E-state index contributed by atoms with van der Waals surface area (Å²) in [5.74, 6) is -1.50. The molecule has 1 heterocycles. The van der Waals surface area contributed by atoms with E-state index in [1.165, 1.54) is 12.1 Å². The van der Waals surface area contributed by atoms with Crippen molar-refractivity contribution in [1.82, 2.24) is 10.3 Å². The van der Waals surface area contributed by atoms with Crippen LogP contribution < -0.4 is 5.32 Å². The van der Waals surface area contributed by atoms with Crippen LogP contribution in [0.3, 0.4) is 0 Å². The molecule has 0 aliphatic carbocycles. The molecule has 20 heavy (non-hydrogen) atoms. The fourth-order valence-corrected chi connectivity index (χ4v) is 1.81. The largest absolute Gasteiger partial charge is 0.478 e. The Hall–Kier alpha value is -2.69. The first kappa shape index (κ1) is 13.7. The number of amides is 1. The van der Waals surface area contributed by atoms with E-state index in [9.17, 15) is 9.59 Å². The molecule has 102 valence electrons. The van der Waals surface area contributed by atoms with Gasteiger partial charge in [0.2, 0.25) is 0 Å². The number of nitrogens with zero attached hydrogens (tertiary/aromatic N) is 1. The smallest absolute Gasteiger partial charge is 0.336 e. The van der Waals surface area contributed by atoms with Gasteiger partial charge in [0.05, 0.1) is 11.1 Å². The minimum atomic E-state index is -1.11. The monoisotopic (exact) mass is 270 g/mol. The molecule has 0 saturated heterocycles. The number of carboxylic acid groups (broad SMARTS) is 1. The molecule has 0 radical (unpaired) electrons. The van der Waals surface area contributed by atoms with Gasteiger partial charge in [0.15, 0.2) is 0 Å². The van der Waals surface area contributed by atoms with E-state index in [-0.39, 0.29) is 17.0 Å². The van der Waals surface area contributed by atoms with Gasteiger partial charge >= 0.3 is 5.97 Å². The molecule has 1 aromatic heterocycles. The number of pyridine rings is 1. The Kier molecular flexibility index (Phi) is 4.44. The van der Waals surface area contributed by atoms with Gasteiger partial charge < -0.3 is 10.4 Å². The Bertz CT molecular complexity index is 612. The minimum absolute atomic E-state index is 0.00263. The first-order chi connectivity index (χ1) is 9.68. The molecule has 0 bridgehead atoms. The third kappa shape index (κ3) is 3.41. The summed E-state index contributed by atoms with van der Waals surface area (Å²) in [5.41, 5.74) is 1.04. The van der Waals surface area contributed by atoms with E-state index in [0.29, 0.717) is 13.0 Å². The highest BCUT2D eigenvalue weighted by molar-refractivity contribution is 6.04. The van der Waals surface area contributed by atoms with Gasteiger partial charge in [-0.2, -0.15) is 0 Å². The van der Waals surface area contributed by atoms with E-state index in [2.05, 4.69) is 10.3 Å². The first-order valence-electron chi connectivity index (χ1n) is 6.19. The summed E-state index contributed by atoms with van der Waals surface area (Å²) in [4.78, 5) is 27.1. The predicted octanol–water partition coefficient (Wildman–Crippen LogP) is 1.75. The number of benzene rings is 1. The van der Waals surface area contributed by atoms with Gasteiger partial charge in [0.25, 0.3) is 5.91 Å². The molecule has 0 atom stereocenters. The third-order valence-electron chi connectivity index (χ3n) is 2.79. The molecule has 2 aromatic rings. The van der Waals surface area contributed by atoms with Crippen LogP contribution in [-0.2, 0) is 6.42 Å². The Morgan fingerprint density at radius 2 is 1.75 bits per heavy atom. The van der Waals surface area contributed by atoms with Crippen molar-refractivity contribution in [2.24, 2.45) is 0 Å². The summed E-state index contributed by atoms with van der Waals surface area (Å²) in [7, 11) is 0. The molecule has 0 aliphatic heterocycles. The lowest BCUT2D eigenvalue weighted by Gasteiger charge is -2.07. The lowest BCUT2D eigenvalue weighted by Crippen LogP contribution is -2.27. The number of nitrogens with one attached hydrogen (secondary N) is 1. The van der Waals surface area contributed by atoms with Gasteiger partial charge in [-0.15, -0.1) is 0 Å². The van der Waals surface area contributed by atoms with Crippen LogP contribution in [0.15, 0.2) is 48.7 Å². The van der Waals surface area contributed by atoms with E-state index in [1.807, 2.05) is 18.2 Å². The molecule has 1 aromatic carbocycles. The molecule has 0 fully saturated rings. The van der Waals surface area contributed by atoms with Gasteiger partial charge in [-0.05, 0) is 24.3 Å². The molecular formula is C15H14N2O3. The van der Waals surface area contributed by atoms with Crippen molar-refractivity contribution < 1.29 is 14.7 Å². The van der Waals surface area contributed by atoms with Gasteiger partial charge in [-0.3, -0.25) is 9.78 Å². The molecular weight excluding hydrogens is 256 g/mol. The van der Waals surface area contributed by atoms with Crippen LogP contribution in [0.5, 0.6) is 0 Å². The second kappa shape index (κ2) is 6.47. The highest BCUT2D eigenvalue weighted by Crippen LogP contribution is 2.08. The molecule has 1 amide bonds. The lowest BCUT2D eigenvalue weighted by molar-refractivity contribution is 0.0691. The minimum Gasteiger partial charge on any atom is -0.478 e. The second-order valence-electron chi connectivity index (χ2n) is 4.18. The highest BCUT2D eigenvalue weighted by Gasteiger charge is 2.14. The van der Waals surface area contributed by atoms with Gasteiger partial charge in [0.1, 0.15) is 0 Å². The maximum atomic E-state index is 12.0. The van der Waals surface area contributed by atoms with Crippen LogP contribution in [0.2, 0.25) is 0 Å². The Balaban J connectivity index is 1.97. The summed E-state index contributed by atoms with van der Waals surface area (Å²) in [6.07, 6.45) is 2.29. The summed E-state index contributed by atoms with van der Waals surface area (Å²) in [6.45, 7) is 0.407. The van der Waals surface area contributed by atoms with Crippen molar-refractivity contribution in [2.45, 2.75) is 6.42 Å². The van der Waals surface area contributed by atoms with Crippen molar-refractivity contribution >= 4 is 11.9 Å². The number of hydrogen-bond donors (Lipinski definition) is 2. The van der Waals surface area contributed by atoms with Crippen LogP contribution in [-0.4, -0.2) is 28.5 Å². The molecule has 2 rings (SSSR count). The molecule has 5 heteroatoms. The van der Waals surface area contributed by atoms with E-state index >= 15 is 0 Å². The number of hydrogen-bond acceptors (Lipinski definition) is 3.